The highest BCUT2D eigenvalue weighted by molar-refractivity contribution is 7.90. The van der Waals surface area contributed by atoms with E-state index in [0.29, 0.717) is 32.4 Å². The van der Waals surface area contributed by atoms with Crippen molar-refractivity contribution in [2.75, 3.05) is 11.8 Å². The first kappa shape index (κ1) is 19.3. The summed E-state index contributed by atoms with van der Waals surface area (Å²) in [5, 5.41) is 5.42. The van der Waals surface area contributed by atoms with Gasteiger partial charge >= 0.3 is 10.2 Å². The predicted octanol–water partition coefficient (Wildman–Crippen LogP) is 3.18. The Hall–Kier alpha value is -3.01. The molecule has 0 atom stereocenters. The standard InChI is InChI=1S/C19H15ClN4O4S/c1-24(11-15-6-7-28-22-15)29(26,27)23-14-4-2-12-3-5-18-17(8-13(20)10-21-18)19(25)16(12)9-14/h2-10,23H,11H2,1H3. The second kappa shape index (κ2) is 7.43. The van der Waals surface area contributed by atoms with E-state index in [-0.39, 0.29) is 17.7 Å². The Labute approximate surface area is 170 Å². The summed E-state index contributed by atoms with van der Waals surface area (Å²) in [7, 11) is -2.46. The Morgan fingerprint density at radius 2 is 1.93 bits per heavy atom. The molecule has 0 spiro atoms. The molecule has 2 heterocycles. The third kappa shape index (κ3) is 3.93. The van der Waals surface area contributed by atoms with Crippen LogP contribution in [0.25, 0.3) is 21.7 Å². The van der Waals surface area contributed by atoms with E-state index in [9.17, 15) is 13.2 Å². The summed E-state index contributed by atoms with van der Waals surface area (Å²) < 4.78 is 33.5. The van der Waals surface area contributed by atoms with Crippen LogP contribution in [-0.4, -0.2) is 29.9 Å². The molecule has 4 rings (SSSR count). The fraction of sp³-hybridized carbons (Fsp3) is 0.105. The second-order valence-electron chi connectivity index (χ2n) is 6.40. The van der Waals surface area contributed by atoms with Crippen LogP contribution in [0.5, 0.6) is 0 Å². The van der Waals surface area contributed by atoms with Gasteiger partial charge in [0.05, 0.1) is 28.5 Å². The molecule has 2 aromatic heterocycles. The molecule has 0 radical (unpaired) electrons. The first-order valence-corrected chi connectivity index (χ1v) is 10.3. The van der Waals surface area contributed by atoms with Crippen LogP contribution in [0.1, 0.15) is 5.69 Å². The van der Waals surface area contributed by atoms with Crippen LogP contribution in [0, 0.1) is 0 Å². The lowest BCUT2D eigenvalue weighted by Crippen LogP contribution is -2.32. The number of nitrogens with zero attached hydrogens (tertiary/aromatic N) is 3. The summed E-state index contributed by atoms with van der Waals surface area (Å²) >= 11 is 5.99. The molecule has 2 aromatic carbocycles. The number of fused-ring (bicyclic) bond motifs is 2. The van der Waals surface area contributed by atoms with Crippen LogP contribution in [-0.2, 0) is 16.8 Å². The highest BCUT2D eigenvalue weighted by Crippen LogP contribution is 2.21. The summed E-state index contributed by atoms with van der Waals surface area (Å²) in [5.41, 5.74) is 0.953. The van der Waals surface area contributed by atoms with Crippen LogP contribution in [0.4, 0.5) is 5.69 Å². The fourth-order valence-electron chi connectivity index (χ4n) is 2.90. The zero-order valence-electron chi connectivity index (χ0n) is 15.2. The number of benzene rings is 1. The van der Waals surface area contributed by atoms with Crippen molar-refractivity contribution >= 4 is 49.2 Å². The Bertz CT molecular complexity index is 1370. The monoisotopic (exact) mass is 430 g/mol. The quantitative estimate of drug-likeness (QED) is 0.521. The molecular weight excluding hydrogens is 416 g/mol. The predicted molar refractivity (Wildman–Crippen MR) is 111 cm³/mol. The molecule has 1 N–H and O–H groups in total. The van der Waals surface area contributed by atoms with Crippen LogP contribution in [0.15, 0.2) is 64.2 Å². The molecule has 29 heavy (non-hydrogen) atoms. The number of hydrogen-bond donors (Lipinski definition) is 1. The van der Waals surface area contributed by atoms with Gasteiger partial charge in [0.25, 0.3) is 0 Å². The maximum atomic E-state index is 13.0. The van der Waals surface area contributed by atoms with Crippen LogP contribution in [0.3, 0.4) is 0 Å². The van der Waals surface area contributed by atoms with Gasteiger partial charge in [-0.25, -0.2) is 0 Å². The SMILES string of the molecule is CN(Cc1ccon1)S(=O)(=O)Nc1ccc2ccc3ncc(Cl)cc3c(=O)c2c1. The van der Waals surface area contributed by atoms with Crippen molar-refractivity contribution in [3.05, 3.63) is 75.9 Å². The van der Waals surface area contributed by atoms with E-state index in [1.807, 2.05) is 0 Å². The third-order valence-electron chi connectivity index (χ3n) is 4.38. The van der Waals surface area contributed by atoms with Crippen molar-refractivity contribution in [2.24, 2.45) is 0 Å². The summed E-state index contributed by atoms with van der Waals surface area (Å²) in [6, 6.07) is 11.4. The average molecular weight is 431 g/mol. The number of nitrogens with one attached hydrogen (secondary N) is 1. The Balaban J connectivity index is 1.74. The van der Waals surface area contributed by atoms with E-state index < -0.39 is 10.2 Å². The minimum Gasteiger partial charge on any atom is -0.364 e. The number of hydrogen-bond acceptors (Lipinski definition) is 6. The Morgan fingerprint density at radius 3 is 2.69 bits per heavy atom. The molecule has 0 unspecified atom stereocenters. The molecule has 4 aromatic rings. The maximum Gasteiger partial charge on any atom is 0.301 e. The average Bonchev–Trinajstić information content (AvgIpc) is 3.15. The second-order valence-corrected chi connectivity index (χ2v) is 8.62. The van der Waals surface area contributed by atoms with Crippen LogP contribution in [0.2, 0.25) is 5.02 Å². The molecule has 0 aliphatic carbocycles. The zero-order valence-corrected chi connectivity index (χ0v) is 16.7. The molecule has 0 saturated heterocycles. The van der Waals surface area contributed by atoms with Gasteiger partial charge in [0.15, 0.2) is 5.43 Å². The lowest BCUT2D eigenvalue weighted by atomic mass is 10.1. The molecule has 0 fully saturated rings. The van der Waals surface area contributed by atoms with Gasteiger partial charge in [0.1, 0.15) is 6.26 Å². The van der Waals surface area contributed by atoms with Crippen LogP contribution >= 0.6 is 11.6 Å². The smallest absolute Gasteiger partial charge is 0.301 e. The molecule has 0 bridgehead atoms. The van der Waals surface area contributed by atoms with Gasteiger partial charge in [0, 0.05) is 30.1 Å². The number of halogens is 1. The third-order valence-corrected chi connectivity index (χ3v) is 6.03. The van der Waals surface area contributed by atoms with Crippen LogP contribution < -0.4 is 10.2 Å². The topological polar surface area (TPSA) is 105 Å². The molecule has 0 aliphatic heterocycles. The van der Waals surface area contributed by atoms with E-state index in [4.69, 9.17) is 16.1 Å². The van der Waals surface area contributed by atoms with E-state index in [1.54, 1.807) is 36.4 Å². The first-order valence-electron chi connectivity index (χ1n) is 8.49. The molecule has 148 valence electrons. The maximum absolute atomic E-state index is 13.0. The Kier molecular flexibility index (Phi) is 4.95. The van der Waals surface area contributed by atoms with Crippen molar-refractivity contribution in [2.45, 2.75) is 6.54 Å². The largest absolute Gasteiger partial charge is 0.364 e. The fourth-order valence-corrected chi connectivity index (χ4v) is 3.94. The van der Waals surface area contributed by atoms with Crippen molar-refractivity contribution in [1.82, 2.24) is 14.4 Å². The Morgan fingerprint density at radius 1 is 1.14 bits per heavy atom. The van der Waals surface area contributed by atoms with Crippen molar-refractivity contribution in [3.8, 4) is 0 Å². The van der Waals surface area contributed by atoms with Gasteiger partial charge in [-0.15, -0.1) is 0 Å². The molecule has 10 heteroatoms. The number of anilines is 1. The van der Waals surface area contributed by atoms with E-state index >= 15 is 0 Å². The normalized spacial score (nSPS) is 12.0. The summed E-state index contributed by atoms with van der Waals surface area (Å²) in [6.07, 6.45) is 2.84. The first-order chi connectivity index (χ1) is 13.8. The minimum absolute atomic E-state index is 0.0377. The minimum atomic E-state index is -3.87. The van der Waals surface area contributed by atoms with E-state index in [1.165, 1.54) is 25.6 Å². The van der Waals surface area contributed by atoms with Gasteiger partial charge in [-0.1, -0.05) is 28.9 Å². The van der Waals surface area contributed by atoms with Crippen molar-refractivity contribution in [3.63, 3.8) is 0 Å². The number of pyridine rings is 1. The van der Waals surface area contributed by atoms with Crippen molar-refractivity contribution in [1.29, 1.82) is 0 Å². The zero-order chi connectivity index (χ0) is 20.6. The van der Waals surface area contributed by atoms with Gasteiger partial charge in [-0.05, 0) is 29.7 Å². The van der Waals surface area contributed by atoms with E-state index in [2.05, 4.69) is 14.9 Å². The lowest BCUT2D eigenvalue weighted by molar-refractivity contribution is 0.394. The number of rotatable bonds is 5. The highest BCUT2D eigenvalue weighted by Gasteiger charge is 2.19. The summed E-state index contributed by atoms with van der Waals surface area (Å²) in [5.74, 6) is 0. The molecule has 8 nitrogen and oxygen atoms in total. The molecule has 0 aliphatic rings. The molecule has 0 saturated carbocycles. The van der Waals surface area contributed by atoms with Crippen molar-refractivity contribution < 1.29 is 12.9 Å². The highest BCUT2D eigenvalue weighted by atomic mass is 35.5. The molecular formula is C19H15ClN4O4S. The summed E-state index contributed by atoms with van der Waals surface area (Å²) in [6.45, 7) is 0.0377. The molecule has 0 amide bonds. The van der Waals surface area contributed by atoms with Gasteiger partial charge in [0.2, 0.25) is 0 Å². The van der Waals surface area contributed by atoms with Gasteiger partial charge < -0.3 is 4.52 Å². The van der Waals surface area contributed by atoms with Gasteiger partial charge in [-0.3, -0.25) is 14.5 Å². The van der Waals surface area contributed by atoms with E-state index in [0.717, 1.165) is 4.31 Å². The lowest BCUT2D eigenvalue weighted by Gasteiger charge is -2.17. The summed E-state index contributed by atoms with van der Waals surface area (Å²) in [4.78, 5) is 17.2. The van der Waals surface area contributed by atoms with Gasteiger partial charge in [-0.2, -0.15) is 12.7 Å². The number of aromatic nitrogens is 2.